The van der Waals surface area contributed by atoms with E-state index in [1.165, 1.54) is 24.3 Å². The minimum atomic E-state index is -2.39. The predicted molar refractivity (Wildman–Crippen MR) is 133 cm³/mol. The van der Waals surface area contributed by atoms with Crippen LogP contribution in [0.2, 0.25) is 0 Å². The second-order valence-electron chi connectivity index (χ2n) is 8.81. The van der Waals surface area contributed by atoms with Gasteiger partial charge in [0.1, 0.15) is 11.6 Å². The monoisotopic (exact) mass is 485 g/mol. The first-order valence-electron chi connectivity index (χ1n) is 11.3. The number of rotatable bonds is 4. The average Bonchev–Trinajstić information content (AvgIpc) is 3.11. The Balaban J connectivity index is 1.57. The van der Waals surface area contributed by atoms with Crippen LogP contribution in [0.25, 0.3) is 0 Å². The van der Waals surface area contributed by atoms with Crippen molar-refractivity contribution in [1.82, 2.24) is 9.78 Å². The molecule has 1 aliphatic heterocycles. The van der Waals surface area contributed by atoms with Gasteiger partial charge in [0.25, 0.3) is 11.8 Å². The fraction of sp³-hybridized carbons (Fsp3) is 0.148. The van der Waals surface area contributed by atoms with Crippen LogP contribution in [-0.4, -0.2) is 26.7 Å². The summed E-state index contributed by atoms with van der Waals surface area (Å²) >= 11 is 0. The zero-order valence-corrected chi connectivity index (χ0v) is 19.7. The maximum absolute atomic E-state index is 15.4. The fourth-order valence-corrected chi connectivity index (χ4v) is 4.52. The van der Waals surface area contributed by atoms with Crippen LogP contribution in [0.3, 0.4) is 0 Å². The predicted octanol–water partition coefficient (Wildman–Crippen LogP) is 3.49. The summed E-state index contributed by atoms with van der Waals surface area (Å²) in [5.74, 6) is -1.75. The van der Waals surface area contributed by atoms with Crippen molar-refractivity contribution in [3.63, 3.8) is 0 Å². The van der Waals surface area contributed by atoms with Gasteiger partial charge in [-0.2, -0.15) is 5.10 Å². The molecule has 0 saturated carbocycles. The lowest BCUT2D eigenvalue weighted by Crippen LogP contribution is -2.43. The molecule has 0 spiro atoms. The first kappa shape index (κ1) is 23.3. The van der Waals surface area contributed by atoms with E-state index >= 15 is 4.39 Å². The van der Waals surface area contributed by atoms with Gasteiger partial charge in [0.2, 0.25) is 0 Å². The van der Waals surface area contributed by atoms with E-state index in [4.69, 9.17) is 5.73 Å². The molecule has 3 aromatic carbocycles. The average molecular weight is 486 g/mol. The zero-order valence-electron chi connectivity index (χ0n) is 19.7. The summed E-state index contributed by atoms with van der Waals surface area (Å²) in [4.78, 5) is 27.5. The van der Waals surface area contributed by atoms with Crippen LogP contribution in [0.4, 0.5) is 21.6 Å². The first-order valence-corrected chi connectivity index (χ1v) is 11.3. The second-order valence-corrected chi connectivity index (χ2v) is 8.81. The number of fused-ring (bicyclic) bond motifs is 2. The van der Waals surface area contributed by atoms with Crippen LogP contribution >= 0.6 is 0 Å². The Bertz CT molecular complexity index is 1500. The molecule has 0 aliphatic carbocycles. The third kappa shape index (κ3) is 3.70. The molecule has 4 aromatic rings. The molecule has 0 saturated heterocycles. The normalized spacial score (nSPS) is 14.2. The van der Waals surface area contributed by atoms with E-state index in [1.807, 2.05) is 25.1 Å². The Kier molecular flexibility index (Phi) is 5.57. The maximum atomic E-state index is 15.4. The number of carbonyl (C=O) groups excluding carboxylic acids is 2. The van der Waals surface area contributed by atoms with E-state index in [1.54, 1.807) is 41.0 Å². The Hall–Kier alpha value is -4.50. The molecule has 0 fully saturated rings. The Morgan fingerprint density at radius 3 is 2.56 bits per heavy atom. The SMILES string of the molecule is Cc1ccc2c(c1)Nc1c(cnn1C)CN2C(=O)c1ccc(C(O)(C(N)=O)c2ccccc2)c(F)c1. The van der Waals surface area contributed by atoms with Crippen molar-refractivity contribution >= 4 is 29.0 Å². The molecule has 2 amide bonds. The van der Waals surface area contributed by atoms with Gasteiger partial charge in [-0.1, -0.05) is 42.5 Å². The molecule has 0 radical (unpaired) electrons. The number of amides is 2. The Labute approximate surface area is 206 Å². The van der Waals surface area contributed by atoms with E-state index in [9.17, 15) is 14.7 Å². The van der Waals surface area contributed by atoms with Crippen molar-refractivity contribution in [3.8, 4) is 0 Å². The molecular formula is C27H24FN5O3. The number of hydrogen-bond acceptors (Lipinski definition) is 5. The third-order valence-corrected chi connectivity index (χ3v) is 6.44. The van der Waals surface area contributed by atoms with Gasteiger partial charge in [0.05, 0.1) is 24.1 Å². The van der Waals surface area contributed by atoms with E-state index in [-0.39, 0.29) is 23.2 Å². The van der Waals surface area contributed by atoms with Crippen LogP contribution in [0.1, 0.15) is 32.6 Å². The minimum Gasteiger partial charge on any atom is -0.372 e. The van der Waals surface area contributed by atoms with Crippen molar-refractivity contribution < 1.29 is 19.1 Å². The topological polar surface area (TPSA) is 113 Å². The molecule has 1 aromatic heterocycles. The molecule has 1 atom stereocenters. The van der Waals surface area contributed by atoms with Gasteiger partial charge in [0.15, 0.2) is 5.60 Å². The highest BCUT2D eigenvalue weighted by Gasteiger charge is 2.40. The summed E-state index contributed by atoms with van der Waals surface area (Å²) in [5, 5.41) is 18.8. The first-order chi connectivity index (χ1) is 17.2. The van der Waals surface area contributed by atoms with Crippen molar-refractivity contribution in [2.75, 3.05) is 10.2 Å². The second kappa shape index (κ2) is 8.62. The standard InChI is InChI=1S/C27H24FN5O3/c1-16-8-11-23-22(12-16)31-24-18(14-30-32(24)2)15-33(23)25(34)17-9-10-20(21(28)13-17)27(36,26(29)35)19-6-4-3-5-7-19/h3-14,31,36H,15H2,1-2H3,(H2,29,35). The number of primary amides is 1. The summed E-state index contributed by atoms with van der Waals surface area (Å²) in [7, 11) is 1.81. The number of nitrogens with two attached hydrogens (primary N) is 1. The maximum Gasteiger partial charge on any atom is 0.258 e. The molecule has 8 nitrogen and oxygen atoms in total. The quantitative estimate of drug-likeness (QED) is 0.410. The van der Waals surface area contributed by atoms with Gasteiger partial charge < -0.3 is 21.1 Å². The Morgan fingerprint density at radius 2 is 1.86 bits per heavy atom. The van der Waals surface area contributed by atoms with Gasteiger partial charge >= 0.3 is 0 Å². The number of aromatic nitrogens is 2. The van der Waals surface area contributed by atoms with E-state index in [0.29, 0.717) is 5.69 Å². The molecule has 5 rings (SSSR count). The van der Waals surface area contributed by atoms with Gasteiger partial charge in [-0.05, 0) is 42.3 Å². The number of halogens is 1. The van der Waals surface area contributed by atoms with Crippen LogP contribution in [-0.2, 0) is 24.0 Å². The number of carbonyl (C=O) groups is 2. The summed E-state index contributed by atoms with van der Waals surface area (Å²) in [6.45, 7) is 2.16. The van der Waals surface area contributed by atoms with Crippen molar-refractivity contribution in [2.45, 2.75) is 19.1 Å². The number of nitrogens with zero attached hydrogens (tertiary/aromatic N) is 3. The molecule has 182 valence electrons. The molecule has 4 N–H and O–H groups in total. The fourth-order valence-electron chi connectivity index (χ4n) is 4.52. The molecule has 1 aliphatic rings. The highest BCUT2D eigenvalue weighted by molar-refractivity contribution is 6.08. The number of hydrogen-bond donors (Lipinski definition) is 3. The van der Waals surface area contributed by atoms with E-state index in [0.717, 1.165) is 28.7 Å². The molecule has 1 unspecified atom stereocenters. The highest BCUT2D eigenvalue weighted by Crippen LogP contribution is 2.37. The Morgan fingerprint density at radius 1 is 1.11 bits per heavy atom. The molecule has 2 heterocycles. The van der Waals surface area contributed by atoms with E-state index in [2.05, 4.69) is 10.4 Å². The van der Waals surface area contributed by atoms with Crippen LogP contribution < -0.4 is 16.0 Å². The lowest BCUT2D eigenvalue weighted by Gasteiger charge is -2.27. The van der Waals surface area contributed by atoms with Crippen molar-refractivity contribution in [1.29, 1.82) is 0 Å². The zero-order chi connectivity index (χ0) is 25.6. The van der Waals surface area contributed by atoms with Crippen molar-refractivity contribution in [2.24, 2.45) is 12.8 Å². The van der Waals surface area contributed by atoms with Crippen LogP contribution in [0, 0.1) is 12.7 Å². The summed E-state index contributed by atoms with van der Waals surface area (Å²) < 4.78 is 17.1. The largest absolute Gasteiger partial charge is 0.372 e. The van der Waals surface area contributed by atoms with Crippen LogP contribution in [0.15, 0.2) is 72.9 Å². The smallest absolute Gasteiger partial charge is 0.258 e. The number of nitrogens with one attached hydrogen (secondary N) is 1. The lowest BCUT2D eigenvalue weighted by atomic mass is 9.85. The number of benzene rings is 3. The van der Waals surface area contributed by atoms with E-state index < -0.39 is 23.2 Å². The number of anilines is 3. The summed E-state index contributed by atoms with van der Waals surface area (Å²) in [5.41, 5.74) is 6.10. The molecule has 36 heavy (non-hydrogen) atoms. The number of aryl methyl sites for hydroxylation is 2. The minimum absolute atomic E-state index is 0.0509. The third-order valence-electron chi connectivity index (χ3n) is 6.44. The highest BCUT2D eigenvalue weighted by atomic mass is 19.1. The molecule has 0 bridgehead atoms. The van der Waals surface area contributed by atoms with Gasteiger partial charge in [-0.3, -0.25) is 14.3 Å². The summed E-state index contributed by atoms with van der Waals surface area (Å²) in [6, 6.07) is 17.2. The van der Waals surface area contributed by atoms with Gasteiger partial charge in [-0.25, -0.2) is 4.39 Å². The van der Waals surface area contributed by atoms with Crippen molar-refractivity contribution in [3.05, 3.63) is 107 Å². The molecule has 9 heteroatoms. The van der Waals surface area contributed by atoms with Gasteiger partial charge in [-0.15, -0.1) is 0 Å². The van der Waals surface area contributed by atoms with Gasteiger partial charge in [0, 0.05) is 23.7 Å². The number of aliphatic hydroxyl groups is 1. The lowest BCUT2D eigenvalue weighted by molar-refractivity contribution is -0.133. The summed E-state index contributed by atoms with van der Waals surface area (Å²) in [6.07, 6.45) is 1.68. The van der Waals surface area contributed by atoms with Crippen LogP contribution in [0.5, 0.6) is 0 Å². The molecular weight excluding hydrogens is 461 g/mol.